The molecule has 2 rings (SSSR count). The Morgan fingerprint density at radius 2 is 1.88 bits per heavy atom. The Balaban J connectivity index is 1.75. The van der Waals surface area contributed by atoms with Gasteiger partial charge < -0.3 is 21.1 Å². The SMILES string of the molecule is COc1ccc(CCNC(=O)CNc2ccc(C(N)=O)c(Cl)c2)cc1. The van der Waals surface area contributed by atoms with Crippen LogP contribution in [0.1, 0.15) is 15.9 Å². The minimum absolute atomic E-state index is 0.106. The van der Waals surface area contributed by atoms with Crippen LogP contribution in [0.25, 0.3) is 0 Å². The molecule has 2 aromatic rings. The molecule has 0 bridgehead atoms. The number of nitrogens with one attached hydrogen (secondary N) is 2. The molecule has 25 heavy (non-hydrogen) atoms. The molecule has 0 unspecified atom stereocenters. The van der Waals surface area contributed by atoms with Gasteiger partial charge in [0.1, 0.15) is 5.75 Å². The number of halogens is 1. The molecule has 0 aliphatic carbocycles. The summed E-state index contributed by atoms with van der Waals surface area (Å²) in [5.41, 5.74) is 7.19. The van der Waals surface area contributed by atoms with Crippen LogP contribution in [0.4, 0.5) is 5.69 Å². The van der Waals surface area contributed by atoms with Gasteiger partial charge in [-0.05, 0) is 42.3 Å². The van der Waals surface area contributed by atoms with Crippen LogP contribution in [-0.2, 0) is 11.2 Å². The van der Waals surface area contributed by atoms with Crippen molar-refractivity contribution < 1.29 is 14.3 Å². The fourth-order valence-electron chi connectivity index (χ4n) is 2.21. The van der Waals surface area contributed by atoms with Gasteiger partial charge in [-0.25, -0.2) is 0 Å². The Morgan fingerprint density at radius 3 is 2.48 bits per heavy atom. The Labute approximate surface area is 151 Å². The first-order valence-electron chi connectivity index (χ1n) is 7.72. The molecule has 0 spiro atoms. The van der Waals surface area contributed by atoms with Gasteiger partial charge in [0.25, 0.3) is 0 Å². The summed E-state index contributed by atoms with van der Waals surface area (Å²) in [6.45, 7) is 0.642. The molecule has 0 radical (unpaired) electrons. The Morgan fingerprint density at radius 1 is 1.16 bits per heavy atom. The van der Waals surface area contributed by atoms with Gasteiger partial charge in [0.15, 0.2) is 0 Å². The summed E-state index contributed by atoms with van der Waals surface area (Å²) in [6, 6.07) is 12.4. The predicted molar refractivity (Wildman–Crippen MR) is 98.2 cm³/mol. The van der Waals surface area contributed by atoms with Gasteiger partial charge in [-0.3, -0.25) is 9.59 Å². The number of hydrogen-bond donors (Lipinski definition) is 3. The van der Waals surface area contributed by atoms with Crippen LogP contribution in [0.15, 0.2) is 42.5 Å². The molecule has 2 amide bonds. The van der Waals surface area contributed by atoms with Gasteiger partial charge in [-0.15, -0.1) is 0 Å². The van der Waals surface area contributed by atoms with Gasteiger partial charge in [0, 0.05) is 12.2 Å². The second-order valence-corrected chi connectivity index (χ2v) is 5.77. The molecular weight excluding hydrogens is 342 g/mol. The zero-order chi connectivity index (χ0) is 18.2. The highest BCUT2D eigenvalue weighted by Gasteiger charge is 2.08. The molecule has 0 aromatic heterocycles. The van der Waals surface area contributed by atoms with E-state index in [0.717, 1.165) is 17.7 Å². The summed E-state index contributed by atoms with van der Waals surface area (Å²) in [6.07, 6.45) is 0.731. The Hall–Kier alpha value is -2.73. The van der Waals surface area contributed by atoms with Crippen molar-refractivity contribution in [2.45, 2.75) is 6.42 Å². The van der Waals surface area contributed by atoms with E-state index < -0.39 is 5.91 Å². The average Bonchev–Trinajstić information content (AvgIpc) is 2.60. The van der Waals surface area contributed by atoms with E-state index in [1.807, 2.05) is 24.3 Å². The number of anilines is 1. The highest BCUT2D eigenvalue weighted by atomic mass is 35.5. The third-order valence-electron chi connectivity index (χ3n) is 3.58. The molecular formula is C18H20ClN3O3. The van der Waals surface area contributed by atoms with E-state index in [1.54, 1.807) is 19.2 Å². The monoisotopic (exact) mass is 361 g/mol. The second kappa shape index (κ2) is 8.94. The molecule has 0 fully saturated rings. The fraction of sp³-hybridized carbons (Fsp3) is 0.222. The van der Waals surface area contributed by atoms with E-state index in [4.69, 9.17) is 22.1 Å². The van der Waals surface area contributed by atoms with Crippen LogP contribution in [-0.4, -0.2) is 32.0 Å². The topological polar surface area (TPSA) is 93.4 Å². The fourth-order valence-corrected chi connectivity index (χ4v) is 2.48. The van der Waals surface area contributed by atoms with Gasteiger partial charge >= 0.3 is 0 Å². The summed E-state index contributed by atoms with van der Waals surface area (Å²) in [5, 5.41) is 6.03. The molecule has 2 aromatic carbocycles. The molecule has 0 aliphatic heterocycles. The van der Waals surface area contributed by atoms with Crippen molar-refractivity contribution in [2.24, 2.45) is 5.73 Å². The van der Waals surface area contributed by atoms with E-state index in [1.165, 1.54) is 6.07 Å². The molecule has 0 atom stereocenters. The molecule has 6 nitrogen and oxygen atoms in total. The van der Waals surface area contributed by atoms with Crippen molar-refractivity contribution in [3.8, 4) is 5.75 Å². The quantitative estimate of drug-likeness (QED) is 0.672. The smallest absolute Gasteiger partial charge is 0.250 e. The number of ether oxygens (including phenoxy) is 1. The normalized spacial score (nSPS) is 10.2. The molecule has 0 heterocycles. The lowest BCUT2D eigenvalue weighted by atomic mass is 10.1. The van der Waals surface area contributed by atoms with Crippen LogP contribution in [0.3, 0.4) is 0 Å². The van der Waals surface area contributed by atoms with Gasteiger partial charge in [-0.1, -0.05) is 23.7 Å². The number of hydrogen-bond acceptors (Lipinski definition) is 4. The number of nitrogens with two attached hydrogens (primary N) is 1. The highest BCUT2D eigenvalue weighted by Crippen LogP contribution is 2.20. The lowest BCUT2D eigenvalue weighted by Crippen LogP contribution is -2.31. The molecule has 0 aliphatic rings. The third-order valence-corrected chi connectivity index (χ3v) is 3.90. The molecule has 0 saturated heterocycles. The minimum atomic E-state index is -0.590. The minimum Gasteiger partial charge on any atom is -0.497 e. The second-order valence-electron chi connectivity index (χ2n) is 5.36. The van der Waals surface area contributed by atoms with E-state index in [2.05, 4.69) is 10.6 Å². The average molecular weight is 362 g/mol. The summed E-state index contributed by atoms with van der Waals surface area (Å²) >= 11 is 5.96. The lowest BCUT2D eigenvalue weighted by Gasteiger charge is -2.09. The number of benzene rings is 2. The summed E-state index contributed by atoms with van der Waals surface area (Å²) in [5.74, 6) is 0.0782. The predicted octanol–water partition coefficient (Wildman–Crippen LogP) is 2.22. The summed E-state index contributed by atoms with van der Waals surface area (Å²) < 4.78 is 5.10. The van der Waals surface area contributed by atoms with Crippen molar-refractivity contribution in [1.82, 2.24) is 5.32 Å². The standard InChI is InChI=1S/C18H20ClN3O3/c1-25-14-5-2-12(3-6-14)8-9-21-17(23)11-22-13-4-7-15(18(20)24)16(19)10-13/h2-7,10,22H,8-9,11H2,1H3,(H2,20,24)(H,21,23). The molecule has 0 saturated carbocycles. The van der Waals surface area contributed by atoms with Crippen LogP contribution < -0.4 is 21.1 Å². The largest absolute Gasteiger partial charge is 0.497 e. The van der Waals surface area contributed by atoms with Gasteiger partial charge in [0.2, 0.25) is 11.8 Å². The number of rotatable bonds is 8. The number of methoxy groups -OCH3 is 1. The zero-order valence-electron chi connectivity index (χ0n) is 13.8. The van der Waals surface area contributed by atoms with E-state index in [0.29, 0.717) is 12.2 Å². The van der Waals surface area contributed by atoms with E-state index in [-0.39, 0.29) is 23.0 Å². The van der Waals surface area contributed by atoms with Crippen molar-refractivity contribution in [3.05, 3.63) is 58.6 Å². The van der Waals surface area contributed by atoms with Crippen LogP contribution in [0.5, 0.6) is 5.75 Å². The zero-order valence-corrected chi connectivity index (χ0v) is 14.6. The summed E-state index contributed by atoms with van der Waals surface area (Å²) in [7, 11) is 1.62. The molecule has 132 valence electrons. The van der Waals surface area contributed by atoms with Gasteiger partial charge in [-0.2, -0.15) is 0 Å². The van der Waals surface area contributed by atoms with Gasteiger partial charge in [0.05, 0.1) is 24.2 Å². The lowest BCUT2D eigenvalue weighted by molar-refractivity contribution is -0.119. The van der Waals surface area contributed by atoms with Crippen LogP contribution in [0, 0.1) is 0 Å². The molecule has 4 N–H and O–H groups in total. The Kier molecular flexibility index (Phi) is 6.65. The molecule has 7 heteroatoms. The Bertz CT molecular complexity index is 748. The number of primary amides is 1. The first-order valence-corrected chi connectivity index (χ1v) is 8.10. The maximum atomic E-state index is 11.9. The third kappa shape index (κ3) is 5.69. The van der Waals surface area contributed by atoms with E-state index in [9.17, 15) is 9.59 Å². The number of amides is 2. The van der Waals surface area contributed by atoms with Crippen molar-refractivity contribution in [2.75, 3.05) is 25.5 Å². The maximum Gasteiger partial charge on any atom is 0.250 e. The van der Waals surface area contributed by atoms with E-state index >= 15 is 0 Å². The number of carbonyl (C=O) groups is 2. The summed E-state index contributed by atoms with van der Waals surface area (Å²) in [4.78, 5) is 23.0. The number of carbonyl (C=O) groups excluding carboxylic acids is 2. The van der Waals surface area contributed by atoms with Crippen LogP contribution >= 0.6 is 11.6 Å². The van der Waals surface area contributed by atoms with Crippen LogP contribution in [0.2, 0.25) is 5.02 Å². The first kappa shape index (κ1) is 18.6. The van der Waals surface area contributed by atoms with Crippen molar-refractivity contribution in [1.29, 1.82) is 0 Å². The van der Waals surface area contributed by atoms with Crippen molar-refractivity contribution in [3.63, 3.8) is 0 Å². The highest BCUT2D eigenvalue weighted by molar-refractivity contribution is 6.34. The maximum absolute atomic E-state index is 11.9. The van der Waals surface area contributed by atoms with Crippen molar-refractivity contribution >= 4 is 29.1 Å². The first-order chi connectivity index (χ1) is 12.0.